The first-order valence-corrected chi connectivity index (χ1v) is 7.22. The average Bonchev–Trinajstić information content (AvgIpc) is 2.60. The summed E-state index contributed by atoms with van der Waals surface area (Å²) in [5, 5.41) is 13.3. The number of halogens is 2. The van der Waals surface area contributed by atoms with Crippen LogP contribution in [0.5, 0.6) is 0 Å². The van der Waals surface area contributed by atoms with Crippen molar-refractivity contribution in [3.05, 3.63) is 81.4 Å². The van der Waals surface area contributed by atoms with Crippen LogP contribution in [0.3, 0.4) is 0 Å². The Morgan fingerprint density at radius 3 is 2.56 bits per heavy atom. The highest BCUT2D eigenvalue weighted by atomic mass is 19.2. The van der Waals surface area contributed by atoms with E-state index < -0.39 is 28.3 Å². The molecule has 6 nitrogen and oxygen atoms in total. The van der Waals surface area contributed by atoms with Crippen molar-refractivity contribution in [2.45, 2.75) is 6.61 Å². The number of hydrogen-bond donors (Lipinski definition) is 1. The predicted molar refractivity (Wildman–Crippen MR) is 86.7 cm³/mol. The van der Waals surface area contributed by atoms with Gasteiger partial charge in [0.1, 0.15) is 6.61 Å². The summed E-state index contributed by atoms with van der Waals surface area (Å²) in [4.78, 5) is 21.5. The van der Waals surface area contributed by atoms with Crippen LogP contribution in [0.2, 0.25) is 0 Å². The molecule has 0 aromatic heterocycles. The van der Waals surface area contributed by atoms with Crippen LogP contribution in [0, 0.1) is 21.7 Å². The molecule has 0 atom stereocenters. The van der Waals surface area contributed by atoms with E-state index in [0.29, 0.717) is 6.07 Å². The number of carbonyl (C=O) groups excluding carboxylic acids is 1. The van der Waals surface area contributed by atoms with Gasteiger partial charge < -0.3 is 10.1 Å². The highest BCUT2D eigenvalue weighted by Gasteiger charge is 2.16. The number of nitro groups is 1. The van der Waals surface area contributed by atoms with E-state index in [1.807, 2.05) is 18.2 Å². The van der Waals surface area contributed by atoms with Crippen molar-refractivity contribution in [2.75, 3.05) is 6.54 Å². The predicted octanol–water partition coefficient (Wildman–Crippen LogP) is 3.81. The maximum atomic E-state index is 13.2. The molecule has 0 saturated carbocycles. The third-order valence-corrected chi connectivity index (χ3v) is 3.14. The lowest BCUT2D eigenvalue weighted by Crippen LogP contribution is -2.24. The topological polar surface area (TPSA) is 81.5 Å². The van der Waals surface area contributed by atoms with E-state index in [1.54, 1.807) is 12.1 Å². The minimum Gasteiger partial charge on any atom is -0.445 e. The largest absolute Gasteiger partial charge is 0.445 e. The number of nitrogens with zero attached hydrogens (tertiary/aromatic N) is 1. The second-order valence-electron chi connectivity index (χ2n) is 4.93. The van der Waals surface area contributed by atoms with Crippen molar-refractivity contribution in [3.8, 4) is 0 Å². The summed E-state index contributed by atoms with van der Waals surface area (Å²) in [6, 6.07) is 10.3. The minimum absolute atomic E-state index is 0.00374. The third kappa shape index (κ3) is 5.38. The first-order chi connectivity index (χ1) is 12.0. The van der Waals surface area contributed by atoms with Crippen molar-refractivity contribution >= 4 is 17.9 Å². The van der Waals surface area contributed by atoms with E-state index in [4.69, 9.17) is 4.74 Å². The minimum atomic E-state index is -1.30. The molecule has 0 fully saturated rings. The van der Waals surface area contributed by atoms with Gasteiger partial charge in [-0.25, -0.2) is 13.6 Å². The van der Waals surface area contributed by atoms with Crippen molar-refractivity contribution in [1.29, 1.82) is 0 Å². The van der Waals surface area contributed by atoms with Gasteiger partial charge in [-0.05, 0) is 11.6 Å². The van der Waals surface area contributed by atoms with E-state index in [9.17, 15) is 23.7 Å². The summed E-state index contributed by atoms with van der Waals surface area (Å²) in [5.41, 5.74) is 0.149. The normalized spacial score (nSPS) is 10.6. The zero-order valence-electron chi connectivity index (χ0n) is 12.9. The maximum Gasteiger partial charge on any atom is 0.407 e. The van der Waals surface area contributed by atoms with Crippen molar-refractivity contribution in [2.24, 2.45) is 0 Å². The van der Waals surface area contributed by atoms with E-state index >= 15 is 0 Å². The molecule has 130 valence electrons. The summed E-state index contributed by atoms with van der Waals surface area (Å²) >= 11 is 0. The number of nitrogens with one attached hydrogen (secondary N) is 1. The van der Waals surface area contributed by atoms with E-state index in [-0.39, 0.29) is 18.7 Å². The molecule has 1 N–H and O–H groups in total. The fourth-order valence-electron chi connectivity index (χ4n) is 1.95. The zero-order valence-corrected chi connectivity index (χ0v) is 12.9. The van der Waals surface area contributed by atoms with Crippen LogP contribution in [0.15, 0.2) is 48.5 Å². The number of hydrogen-bond acceptors (Lipinski definition) is 4. The molecule has 2 aromatic carbocycles. The fourth-order valence-corrected chi connectivity index (χ4v) is 1.95. The Hall–Kier alpha value is -3.29. The molecule has 8 heteroatoms. The Morgan fingerprint density at radius 1 is 1.20 bits per heavy atom. The van der Waals surface area contributed by atoms with Crippen molar-refractivity contribution in [3.63, 3.8) is 0 Å². The maximum absolute atomic E-state index is 13.2. The highest BCUT2D eigenvalue weighted by Crippen LogP contribution is 2.23. The fraction of sp³-hybridized carbons (Fsp3) is 0.118. The lowest BCUT2D eigenvalue weighted by Gasteiger charge is -2.05. The monoisotopic (exact) mass is 348 g/mol. The Bertz CT molecular complexity index is 795. The van der Waals surface area contributed by atoms with Crippen LogP contribution >= 0.6 is 0 Å². The molecule has 0 unspecified atom stereocenters. The molecule has 2 aromatic rings. The third-order valence-electron chi connectivity index (χ3n) is 3.14. The lowest BCUT2D eigenvalue weighted by molar-refractivity contribution is -0.385. The second-order valence-corrected chi connectivity index (χ2v) is 4.93. The first kappa shape index (κ1) is 18.1. The van der Waals surface area contributed by atoms with Gasteiger partial charge in [-0.15, -0.1) is 0 Å². The molecule has 0 radical (unpaired) electrons. The summed E-state index contributed by atoms with van der Waals surface area (Å²) in [6.45, 7) is 0.106. The molecule has 0 spiro atoms. The average molecular weight is 348 g/mol. The lowest BCUT2D eigenvalue weighted by atomic mass is 10.1. The van der Waals surface area contributed by atoms with Gasteiger partial charge in [-0.3, -0.25) is 10.1 Å². The van der Waals surface area contributed by atoms with Crippen LogP contribution in [0.1, 0.15) is 11.1 Å². The molecule has 25 heavy (non-hydrogen) atoms. The number of carbonyl (C=O) groups is 1. The molecule has 0 bridgehead atoms. The van der Waals surface area contributed by atoms with Crippen LogP contribution in [-0.4, -0.2) is 17.6 Å². The quantitative estimate of drug-likeness (QED) is 0.636. The summed E-state index contributed by atoms with van der Waals surface area (Å²) < 4.78 is 31.2. The molecule has 2 rings (SSSR count). The number of alkyl carbamates (subject to hydrolysis) is 1. The number of rotatable bonds is 6. The molecular weight excluding hydrogens is 334 g/mol. The Balaban J connectivity index is 1.88. The van der Waals surface area contributed by atoms with E-state index in [0.717, 1.165) is 11.6 Å². The van der Waals surface area contributed by atoms with Crippen LogP contribution in [-0.2, 0) is 11.3 Å². The number of amides is 1. The van der Waals surface area contributed by atoms with Gasteiger partial charge in [-0.2, -0.15) is 0 Å². The van der Waals surface area contributed by atoms with Gasteiger partial charge in [0, 0.05) is 6.54 Å². The van der Waals surface area contributed by atoms with Crippen LogP contribution in [0.25, 0.3) is 6.08 Å². The number of nitro benzene ring substituents is 1. The molecule has 0 aliphatic carbocycles. The number of benzene rings is 2. The van der Waals surface area contributed by atoms with Crippen molar-refractivity contribution < 1.29 is 23.2 Å². The van der Waals surface area contributed by atoms with Gasteiger partial charge in [0.25, 0.3) is 5.69 Å². The van der Waals surface area contributed by atoms with Crippen LogP contribution < -0.4 is 5.32 Å². The SMILES string of the molecule is O=C(NCC=Cc1cc(F)c(F)cc1[N+](=O)[O-])OCc1ccccc1. The molecule has 0 saturated heterocycles. The zero-order chi connectivity index (χ0) is 18.2. The smallest absolute Gasteiger partial charge is 0.407 e. The van der Waals surface area contributed by atoms with Crippen LogP contribution in [0.4, 0.5) is 19.3 Å². The molecule has 0 heterocycles. The Labute approximate surface area is 141 Å². The number of ether oxygens (including phenoxy) is 1. The second kappa shape index (κ2) is 8.53. The molecule has 0 aliphatic heterocycles. The van der Waals surface area contributed by atoms with Gasteiger partial charge in [0.2, 0.25) is 0 Å². The van der Waals surface area contributed by atoms with Gasteiger partial charge in [-0.1, -0.05) is 42.5 Å². The molecular formula is C17H14F2N2O4. The van der Waals surface area contributed by atoms with Crippen molar-refractivity contribution in [1.82, 2.24) is 5.32 Å². The standard InChI is InChI=1S/C17H14F2N2O4/c18-14-9-13(16(21(23)24)10-15(14)19)7-4-8-20-17(22)25-11-12-5-2-1-3-6-12/h1-7,9-10H,8,11H2,(H,20,22). The van der Waals surface area contributed by atoms with E-state index in [1.165, 1.54) is 12.2 Å². The Kier molecular flexibility index (Phi) is 6.16. The molecule has 0 aliphatic rings. The summed E-state index contributed by atoms with van der Waals surface area (Å²) in [6.07, 6.45) is 1.91. The first-order valence-electron chi connectivity index (χ1n) is 7.22. The molecule has 1 amide bonds. The van der Waals surface area contributed by atoms with Gasteiger partial charge in [0.15, 0.2) is 11.6 Å². The highest BCUT2D eigenvalue weighted by molar-refractivity contribution is 5.68. The van der Waals surface area contributed by atoms with Gasteiger partial charge >= 0.3 is 6.09 Å². The van der Waals surface area contributed by atoms with E-state index in [2.05, 4.69) is 5.32 Å². The Morgan fingerprint density at radius 2 is 1.88 bits per heavy atom. The summed E-state index contributed by atoms with van der Waals surface area (Å²) in [7, 11) is 0. The summed E-state index contributed by atoms with van der Waals surface area (Å²) in [5.74, 6) is -2.49. The van der Waals surface area contributed by atoms with Gasteiger partial charge in [0.05, 0.1) is 16.6 Å².